The summed E-state index contributed by atoms with van der Waals surface area (Å²) >= 11 is 0. The number of ether oxygens (including phenoxy) is 2. The molecule has 0 spiro atoms. The molecule has 6 heteroatoms. The molecular weight excluding hydrogens is 313 g/mol. The Kier molecular flexibility index (Phi) is 4.12. The van der Waals surface area contributed by atoms with E-state index in [4.69, 9.17) is 13.9 Å². The van der Waals surface area contributed by atoms with Crippen LogP contribution in [0.1, 0.15) is 10.4 Å². The summed E-state index contributed by atoms with van der Waals surface area (Å²) in [6.45, 7) is 0. The third-order valence-electron chi connectivity index (χ3n) is 3.75. The Hall–Kier alpha value is -3.02. The zero-order chi connectivity index (χ0) is 17.3. The number of nitrogens with one attached hydrogen (secondary N) is 1. The van der Waals surface area contributed by atoms with Crippen molar-refractivity contribution in [2.24, 2.45) is 0 Å². The molecule has 0 aliphatic rings. The van der Waals surface area contributed by atoms with Crippen molar-refractivity contribution in [3.63, 3.8) is 0 Å². The van der Waals surface area contributed by atoms with E-state index in [-0.39, 0.29) is 11.7 Å². The fourth-order valence-corrected chi connectivity index (χ4v) is 2.58. The van der Waals surface area contributed by atoms with E-state index in [0.717, 1.165) is 0 Å². The van der Waals surface area contributed by atoms with Crippen LogP contribution in [0.25, 0.3) is 22.3 Å². The molecule has 2 aromatic carbocycles. The number of carbonyl (C=O) groups is 1. The van der Waals surface area contributed by atoms with Gasteiger partial charge >= 0.3 is 0 Å². The molecule has 0 atom stereocenters. The van der Waals surface area contributed by atoms with E-state index in [2.05, 4.69) is 5.32 Å². The summed E-state index contributed by atoms with van der Waals surface area (Å²) in [5.41, 5.74) is 1.44. The topological polar surface area (TPSA) is 60.7 Å². The summed E-state index contributed by atoms with van der Waals surface area (Å²) in [7, 11) is 4.58. The van der Waals surface area contributed by atoms with Crippen molar-refractivity contribution in [1.82, 2.24) is 5.32 Å². The zero-order valence-electron chi connectivity index (χ0n) is 13.5. The molecule has 24 heavy (non-hydrogen) atoms. The van der Waals surface area contributed by atoms with Gasteiger partial charge in [0.1, 0.15) is 17.2 Å². The van der Waals surface area contributed by atoms with Gasteiger partial charge in [0.15, 0.2) is 11.5 Å². The lowest BCUT2D eigenvalue weighted by Crippen LogP contribution is -2.18. The van der Waals surface area contributed by atoms with Crippen LogP contribution < -0.4 is 14.8 Å². The van der Waals surface area contributed by atoms with Crippen molar-refractivity contribution < 1.29 is 23.1 Å². The Balaban J connectivity index is 2.32. The van der Waals surface area contributed by atoms with Gasteiger partial charge in [-0.15, -0.1) is 0 Å². The van der Waals surface area contributed by atoms with Crippen molar-refractivity contribution in [3.8, 4) is 22.8 Å². The summed E-state index contributed by atoms with van der Waals surface area (Å²) < 4.78 is 29.6. The molecule has 0 radical (unpaired) electrons. The quantitative estimate of drug-likeness (QED) is 0.794. The molecule has 3 aromatic rings. The Morgan fingerprint density at radius 2 is 1.71 bits per heavy atom. The van der Waals surface area contributed by atoms with Crippen molar-refractivity contribution in [2.45, 2.75) is 0 Å². The van der Waals surface area contributed by atoms with Gasteiger partial charge in [0.25, 0.3) is 5.91 Å². The number of halogens is 1. The minimum atomic E-state index is -0.361. The SMILES string of the molecule is CNC(=O)c1c(-c2ccc(F)cc2)oc2cc(OC)c(OC)cc12. The molecule has 0 aliphatic carbocycles. The lowest BCUT2D eigenvalue weighted by Gasteiger charge is -2.07. The van der Waals surface area contributed by atoms with Crippen LogP contribution in [0.2, 0.25) is 0 Å². The maximum absolute atomic E-state index is 13.2. The standard InChI is InChI=1S/C18H16FNO4/c1-20-18(21)16-12-8-14(22-2)15(23-3)9-13(12)24-17(16)10-4-6-11(19)7-5-10/h4-9H,1-3H3,(H,20,21). The van der Waals surface area contributed by atoms with E-state index >= 15 is 0 Å². The van der Waals surface area contributed by atoms with E-state index in [9.17, 15) is 9.18 Å². The number of methoxy groups -OCH3 is 2. The minimum absolute atomic E-state index is 0.305. The van der Waals surface area contributed by atoms with Crippen molar-refractivity contribution >= 4 is 16.9 Å². The first-order valence-corrected chi connectivity index (χ1v) is 7.25. The van der Waals surface area contributed by atoms with Crippen LogP contribution in [0.5, 0.6) is 11.5 Å². The van der Waals surface area contributed by atoms with Crippen LogP contribution in [0.3, 0.4) is 0 Å². The molecule has 0 saturated heterocycles. The molecule has 1 aromatic heterocycles. The average Bonchev–Trinajstić information content (AvgIpc) is 2.98. The number of carbonyl (C=O) groups excluding carboxylic acids is 1. The van der Waals surface area contributed by atoms with Crippen molar-refractivity contribution in [2.75, 3.05) is 21.3 Å². The first-order valence-electron chi connectivity index (χ1n) is 7.25. The van der Waals surface area contributed by atoms with Gasteiger partial charge in [-0.1, -0.05) is 0 Å². The maximum atomic E-state index is 13.2. The van der Waals surface area contributed by atoms with Gasteiger partial charge in [0, 0.05) is 24.1 Å². The van der Waals surface area contributed by atoms with Crippen LogP contribution in [0, 0.1) is 5.82 Å². The van der Waals surface area contributed by atoms with Crippen LogP contribution >= 0.6 is 0 Å². The third-order valence-corrected chi connectivity index (χ3v) is 3.75. The Morgan fingerprint density at radius 3 is 2.29 bits per heavy atom. The molecule has 1 heterocycles. The third kappa shape index (κ3) is 2.56. The lowest BCUT2D eigenvalue weighted by molar-refractivity contribution is 0.0964. The molecule has 0 saturated carbocycles. The zero-order valence-corrected chi connectivity index (χ0v) is 13.5. The lowest BCUT2D eigenvalue weighted by atomic mass is 10.0. The van der Waals surface area contributed by atoms with Gasteiger partial charge in [-0.05, 0) is 30.3 Å². The van der Waals surface area contributed by atoms with E-state index < -0.39 is 0 Å². The Labute approximate surface area is 138 Å². The van der Waals surface area contributed by atoms with Crippen molar-refractivity contribution in [1.29, 1.82) is 0 Å². The predicted octanol–water partition coefficient (Wildman–Crippen LogP) is 3.62. The largest absolute Gasteiger partial charge is 0.493 e. The predicted molar refractivity (Wildman–Crippen MR) is 88.1 cm³/mol. The molecule has 0 fully saturated rings. The number of rotatable bonds is 4. The van der Waals surface area contributed by atoms with Crippen LogP contribution in [-0.2, 0) is 0 Å². The number of fused-ring (bicyclic) bond motifs is 1. The molecule has 0 aliphatic heterocycles. The molecular formula is C18H16FNO4. The molecule has 0 bridgehead atoms. The van der Waals surface area contributed by atoms with Crippen molar-refractivity contribution in [3.05, 3.63) is 47.8 Å². The maximum Gasteiger partial charge on any atom is 0.255 e. The fraction of sp³-hybridized carbons (Fsp3) is 0.167. The molecule has 0 unspecified atom stereocenters. The molecule has 3 rings (SSSR count). The van der Waals surface area contributed by atoms with E-state index in [1.165, 1.54) is 33.4 Å². The second kappa shape index (κ2) is 6.23. The average molecular weight is 329 g/mol. The highest BCUT2D eigenvalue weighted by Crippen LogP contribution is 2.39. The van der Waals surface area contributed by atoms with Crippen LogP contribution in [0.15, 0.2) is 40.8 Å². The van der Waals surface area contributed by atoms with Gasteiger partial charge in [0.2, 0.25) is 0 Å². The smallest absolute Gasteiger partial charge is 0.255 e. The highest BCUT2D eigenvalue weighted by atomic mass is 19.1. The van der Waals surface area contributed by atoms with Gasteiger partial charge in [-0.3, -0.25) is 4.79 Å². The fourth-order valence-electron chi connectivity index (χ4n) is 2.58. The monoisotopic (exact) mass is 329 g/mol. The number of benzene rings is 2. The summed E-state index contributed by atoms with van der Waals surface area (Å²) in [6, 6.07) is 9.11. The molecule has 124 valence electrons. The van der Waals surface area contributed by atoms with Gasteiger partial charge in [-0.2, -0.15) is 0 Å². The van der Waals surface area contributed by atoms with E-state index in [0.29, 0.717) is 39.4 Å². The van der Waals surface area contributed by atoms with E-state index in [1.54, 1.807) is 24.3 Å². The van der Waals surface area contributed by atoms with Gasteiger partial charge in [-0.25, -0.2) is 4.39 Å². The Morgan fingerprint density at radius 1 is 1.08 bits per heavy atom. The number of hydrogen-bond donors (Lipinski definition) is 1. The number of furan rings is 1. The van der Waals surface area contributed by atoms with Gasteiger partial charge in [0.05, 0.1) is 19.8 Å². The summed E-state index contributed by atoms with van der Waals surface area (Å²) in [6.07, 6.45) is 0. The number of hydrogen-bond acceptors (Lipinski definition) is 4. The summed E-state index contributed by atoms with van der Waals surface area (Å²) in [5, 5.41) is 3.19. The first kappa shape index (κ1) is 15.9. The highest BCUT2D eigenvalue weighted by Gasteiger charge is 2.23. The van der Waals surface area contributed by atoms with Gasteiger partial charge < -0.3 is 19.2 Å². The van der Waals surface area contributed by atoms with E-state index in [1.807, 2.05) is 0 Å². The first-order chi connectivity index (χ1) is 11.6. The summed E-state index contributed by atoms with van der Waals surface area (Å²) in [4.78, 5) is 12.4. The molecule has 1 N–H and O–H groups in total. The Bertz CT molecular complexity index is 900. The second-order valence-electron chi connectivity index (χ2n) is 5.10. The summed E-state index contributed by atoms with van der Waals surface area (Å²) in [5.74, 6) is 0.675. The molecule has 1 amide bonds. The highest BCUT2D eigenvalue weighted by molar-refractivity contribution is 6.11. The second-order valence-corrected chi connectivity index (χ2v) is 5.10. The van der Waals surface area contributed by atoms with Crippen LogP contribution in [-0.4, -0.2) is 27.2 Å². The van der Waals surface area contributed by atoms with Crippen LogP contribution in [0.4, 0.5) is 4.39 Å². The molecule has 5 nitrogen and oxygen atoms in total. The normalized spacial score (nSPS) is 10.7. The minimum Gasteiger partial charge on any atom is -0.493 e. The number of amides is 1.